The Hall–Kier alpha value is -1.66. The topological polar surface area (TPSA) is 42.0 Å². The lowest BCUT2D eigenvalue weighted by Gasteiger charge is -2.20. The van der Waals surface area contributed by atoms with Crippen molar-refractivity contribution in [3.05, 3.63) is 29.8 Å². The molecule has 1 saturated carbocycles. The van der Waals surface area contributed by atoms with E-state index in [-0.39, 0.29) is 12.8 Å². The van der Waals surface area contributed by atoms with Gasteiger partial charge >= 0.3 is 6.18 Å². The molecule has 92 valence electrons. The van der Waals surface area contributed by atoms with Gasteiger partial charge in [0.25, 0.3) is 5.91 Å². The molecular weight excluding hydrogens is 240 g/mol. The number of nitrogens with zero attached hydrogens (tertiary/aromatic N) is 1. The number of amides is 1. The second-order valence-corrected chi connectivity index (χ2v) is 3.89. The number of carbonyl (C=O) groups is 1. The van der Waals surface area contributed by atoms with Crippen LogP contribution in [0.4, 0.5) is 17.6 Å². The molecule has 0 unspecified atom stereocenters. The van der Waals surface area contributed by atoms with Crippen LogP contribution < -0.4 is 5.32 Å². The number of aromatic nitrogens is 1. The van der Waals surface area contributed by atoms with Crippen LogP contribution in [0.3, 0.4) is 0 Å². The van der Waals surface area contributed by atoms with Gasteiger partial charge in [-0.05, 0) is 18.9 Å². The summed E-state index contributed by atoms with van der Waals surface area (Å²) in [6.07, 6.45) is -2.93. The first kappa shape index (κ1) is 11.8. The molecule has 17 heavy (non-hydrogen) atoms. The largest absolute Gasteiger partial charge is 0.411 e. The van der Waals surface area contributed by atoms with Crippen molar-refractivity contribution in [1.82, 2.24) is 10.3 Å². The first-order valence-corrected chi connectivity index (χ1v) is 4.84. The monoisotopic (exact) mass is 248 g/mol. The van der Waals surface area contributed by atoms with E-state index < -0.39 is 29.0 Å². The summed E-state index contributed by atoms with van der Waals surface area (Å²) in [7, 11) is 0. The van der Waals surface area contributed by atoms with E-state index in [4.69, 9.17) is 0 Å². The average Bonchev–Trinajstić information content (AvgIpc) is 2.98. The first-order chi connectivity index (χ1) is 7.86. The molecule has 1 heterocycles. The third-order valence-electron chi connectivity index (χ3n) is 2.66. The summed E-state index contributed by atoms with van der Waals surface area (Å²) < 4.78 is 50.8. The zero-order chi connectivity index (χ0) is 12.7. The number of pyridine rings is 1. The molecule has 7 heteroatoms. The molecule has 1 N–H and O–H groups in total. The highest BCUT2D eigenvalue weighted by Gasteiger charge is 2.64. The first-order valence-electron chi connectivity index (χ1n) is 4.84. The molecule has 0 radical (unpaired) electrons. The van der Waals surface area contributed by atoms with E-state index in [2.05, 4.69) is 4.98 Å². The van der Waals surface area contributed by atoms with Crippen molar-refractivity contribution >= 4 is 5.91 Å². The van der Waals surface area contributed by atoms with Gasteiger partial charge in [0.05, 0.1) is 11.8 Å². The van der Waals surface area contributed by atoms with Crippen LogP contribution in [0.15, 0.2) is 18.5 Å². The number of hydrogen-bond acceptors (Lipinski definition) is 2. The third-order valence-corrected chi connectivity index (χ3v) is 2.66. The Bertz CT molecular complexity index is 454. The van der Waals surface area contributed by atoms with Crippen molar-refractivity contribution in [2.24, 2.45) is 0 Å². The number of halogens is 4. The van der Waals surface area contributed by atoms with Gasteiger partial charge < -0.3 is 5.32 Å². The van der Waals surface area contributed by atoms with E-state index in [1.54, 1.807) is 0 Å². The molecule has 1 fully saturated rings. The lowest BCUT2D eigenvalue weighted by Crippen LogP contribution is -2.48. The van der Waals surface area contributed by atoms with Gasteiger partial charge in [0, 0.05) is 6.20 Å². The zero-order valence-corrected chi connectivity index (χ0v) is 8.51. The van der Waals surface area contributed by atoms with Gasteiger partial charge in [0.2, 0.25) is 0 Å². The zero-order valence-electron chi connectivity index (χ0n) is 8.51. The van der Waals surface area contributed by atoms with E-state index in [1.165, 1.54) is 0 Å². The summed E-state index contributed by atoms with van der Waals surface area (Å²) >= 11 is 0. The van der Waals surface area contributed by atoms with Crippen LogP contribution in [0.5, 0.6) is 0 Å². The molecule has 0 atom stereocenters. The van der Waals surface area contributed by atoms with Gasteiger partial charge in [-0.25, -0.2) is 4.39 Å². The Kier molecular flexibility index (Phi) is 2.56. The van der Waals surface area contributed by atoms with Crippen LogP contribution in [0.1, 0.15) is 23.2 Å². The van der Waals surface area contributed by atoms with Crippen molar-refractivity contribution < 1.29 is 22.4 Å². The van der Waals surface area contributed by atoms with Gasteiger partial charge in [-0.15, -0.1) is 0 Å². The standard InChI is InChI=1S/C10H8F4N2O/c11-7-5-15-4-1-6(7)8(17)16-9(2-3-9)10(12,13)14/h1,4-5H,2-3H2,(H,16,17). The van der Waals surface area contributed by atoms with E-state index >= 15 is 0 Å². The minimum absolute atomic E-state index is 0.172. The predicted octanol–water partition coefficient (Wildman–Crippen LogP) is 2.05. The highest BCUT2D eigenvalue weighted by molar-refractivity contribution is 5.95. The van der Waals surface area contributed by atoms with Crippen LogP contribution in [-0.2, 0) is 0 Å². The molecule has 2 rings (SSSR count). The molecule has 0 spiro atoms. The Labute approximate surface area is 93.8 Å². The van der Waals surface area contributed by atoms with Gasteiger partial charge in [-0.2, -0.15) is 13.2 Å². The van der Waals surface area contributed by atoms with Crippen molar-refractivity contribution in [3.63, 3.8) is 0 Å². The molecule has 0 aromatic carbocycles. The van der Waals surface area contributed by atoms with Crippen LogP contribution in [-0.4, -0.2) is 22.6 Å². The van der Waals surface area contributed by atoms with Gasteiger partial charge in [-0.1, -0.05) is 0 Å². The van der Waals surface area contributed by atoms with Gasteiger partial charge in [0.1, 0.15) is 5.54 Å². The molecule has 1 aromatic heterocycles. The fourth-order valence-corrected chi connectivity index (χ4v) is 1.45. The van der Waals surface area contributed by atoms with Crippen molar-refractivity contribution in [1.29, 1.82) is 0 Å². The number of hydrogen-bond donors (Lipinski definition) is 1. The third kappa shape index (κ3) is 2.09. The number of rotatable bonds is 2. The second-order valence-electron chi connectivity index (χ2n) is 3.89. The Morgan fingerprint density at radius 1 is 1.41 bits per heavy atom. The number of carbonyl (C=O) groups excluding carboxylic acids is 1. The minimum atomic E-state index is -4.51. The summed E-state index contributed by atoms with van der Waals surface area (Å²) in [4.78, 5) is 14.9. The maximum Gasteiger partial charge on any atom is 0.411 e. The molecule has 1 aromatic rings. The van der Waals surface area contributed by atoms with Gasteiger partial charge in [-0.3, -0.25) is 9.78 Å². The highest BCUT2D eigenvalue weighted by atomic mass is 19.4. The maximum atomic E-state index is 13.1. The normalized spacial score (nSPS) is 17.6. The summed E-state index contributed by atoms with van der Waals surface area (Å²) in [5.41, 5.74) is -2.62. The smallest absolute Gasteiger partial charge is 0.338 e. The Morgan fingerprint density at radius 3 is 2.53 bits per heavy atom. The molecule has 1 amide bonds. The van der Waals surface area contributed by atoms with Crippen molar-refractivity contribution in [3.8, 4) is 0 Å². The fourth-order valence-electron chi connectivity index (χ4n) is 1.45. The van der Waals surface area contributed by atoms with Crippen molar-refractivity contribution in [2.45, 2.75) is 24.6 Å². The van der Waals surface area contributed by atoms with Crippen LogP contribution in [0, 0.1) is 5.82 Å². The summed E-state index contributed by atoms with van der Waals surface area (Å²) in [5, 5.41) is 1.83. The predicted molar refractivity (Wildman–Crippen MR) is 49.7 cm³/mol. The van der Waals surface area contributed by atoms with Crippen LogP contribution in [0.2, 0.25) is 0 Å². The van der Waals surface area contributed by atoms with Crippen molar-refractivity contribution in [2.75, 3.05) is 0 Å². The summed E-state index contributed by atoms with van der Waals surface area (Å²) in [5.74, 6) is -2.01. The average molecular weight is 248 g/mol. The molecule has 0 bridgehead atoms. The summed E-state index contributed by atoms with van der Waals surface area (Å²) in [6.45, 7) is 0. The Morgan fingerprint density at radius 2 is 2.06 bits per heavy atom. The lowest BCUT2D eigenvalue weighted by atomic mass is 10.2. The van der Waals surface area contributed by atoms with Crippen LogP contribution >= 0.6 is 0 Å². The quantitative estimate of drug-likeness (QED) is 0.814. The molecule has 3 nitrogen and oxygen atoms in total. The SMILES string of the molecule is O=C(NC1(C(F)(F)F)CC1)c1ccncc1F. The number of alkyl halides is 3. The van der Waals surface area contributed by atoms with E-state index in [9.17, 15) is 22.4 Å². The maximum absolute atomic E-state index is 13.1. The van der Waals surface area contributed by atoms with E-state index in [0.717, 1.165) is 18.5 Å². The van der Waals surface area contributed by atoms with E-state index in [1.807, 2.05) is 5.32 Å². The van der Waals surface area contributed by atoms with Crippen LogP contribution in [0.25, 0.3) is 0 Å². The Balaban J connectivity index is 2.16. The molecular formula is C10H8F4N2O. The lowest BCUT2D eigenvalue weighted by molar-refractivity contribution is -0.163. The van der Waals surface area contributed by atoms with E-state index in [0.29, 0.717) is 0 Å². The molecule has 1 aliphatic rings. The van der Waals surface area contributed by atoms with Gasteiger partial charge in [0.15, 0.2) is 5.82 Å². The summed E-state index contributed by atoms with van der Waals surface area (Å²) in [6, 6.07) is 1.04. The highest BCUT2D eigenvalue weighted by Crippen LogP contribution is 2.49. The fraction of sp³-hybridized carbons (Fsp3) is 0.400. The molecule has 0 saturated heterocycles. The molecule has 0 aliphatic heterocycles. The number of nitrogens with one attached hydrogen (secondary N) is 1. The molecule has 1 aliphatic carbocycles. The second kappa shape index (κ2) is 3.68. The minimum Gasteiger partial charge on any atom is -0.338 e.